The Morgan fingerprint density at radius 2 is 2.11 bits per heavy atom. The number of halogens is 1. The van der Waals surface area contributed by atoms with Gasteiger partial charge in [0.2, 0.25) is 5.82 Å². The summed E-state index contributed by atoms with van der Waals surface area (Å²) in [5.74, 6) is -0.674. The van der Waals surface area contributed by atoms with Crippen molar-refractivity contribution in [2.24, 2.45) is 5.73 Å². The summed E-state index contributed by atoms with van der Waals surface area (Å²) in [6.07, 6.45) is 0.722. The Morgan fingerprint density at radius 1 is 1.39 bits per heavy atom. The number of primary amides is 1. The molecule has 0 bridgehead atoms. The molecule has 2 N–H and O–H groups in total. The Balaban J connectivity index is 2.71. The zero-order chi connectivity index (χ0) is 13.1. The lowest BCUT2D eigenvalue weighted by Crippen LogP contribution is -2.31. The minimum absolute atomic E-state index is 0.0136. The molecule has 1 amide bonds. The molecule has 1 aromatic heterocycles. The van der Waals surface area contributed by atoms with Crippen LogP contribution in [0.1, 0.15) is 17.0 Å². The summed E-state index contributed by atoms with van der Waals surface area (Å²) in [5, 5.41) is 1.24. The number of nitrogens with zero attached hydrogens (tertiary/aromatic N) is 2. The smallest absolute Gasteiger partial charge is 0.284 e. The fourth-order valence-electron chi connectivity index (χ4n) is 1.78. The molecule has 1 aromatic carbocycles. The van der Waals surface area contributed by atoms with Gasteiger partial charge < -0.3 is 5.73 Å². The van der Waals surface area contributed by atoms with Gasteiger partial charge in [0.15, 0.2) is 0 Å². The van der Waals surface area contributed by atoms with Crippen LogP contribution in [-0.2, 0) is 6.54 Å². The zero-order valence-corrected chi connectivity index (χ0v) is 11.2. The summed E-state index contributed by atoms with van der Waals surface area (Å²) in [6, 6.07) is 6.92. The van der Waals surface area contributed by atoms with Crippen molar-refractivity contribution in [1.29, 1.82) is 0 Å². The van der Waals surface area contributed by atoms with E-state index >= 15 is 0 Å². The van der Waals surface area contributed by atoms with Crippen molar-refractivity contribution in [3.63, 3.8) is 0 Å². The quantitative estimate of drug-likeness (QED) is 0.864. The van der Waals surface area contributed by atoms with Gasteiger partial charge in [-0.05, 0) is 18.6 Å². The Bertz CT molecular complexity index is 651. The molecule has 0 aliphatic rings. The summed E-state index contributed by atoms with van der Waals surface area (Å²) in [5.41, 5.74) is 5.54. The second-order valence-electron chi connectivity index (χ2n) is 3.82. The lowest BCUT2D eigenvalue weighted by molar-refractivity contribution is 0.0984. The number of hydrogen-bond donors (Lipinski definition) is 1. The van der Waals surface area contributed by atoms with E-state index in [1.54, 1.807) is 24.3 Å². The molecule has 2 rings (SSSR count). The molecular formula is C12H12BrN3O2. The van der Waals surface area contributed by atoms with Gasteiger partial charge in [-0.15, -0.1) is 0 Å². The first-order valence-electron chi connectivity index (χ1n) is 5.50. The van der Waals surface area contributed by atoms with Gasteiger partial charge in [-0.1, -0.05) is 28.1 Å². The van der Waals surface area contributed by atoms with Crippen molar-refractivity contribution in [1.82, 2.24) is 9.55 Å². The number of nitrogens with two attached hydrogens (primary N) is 1. The number of rotatable bonds is 4. The van der Waals surface area contributed by atoms with Gasteiger partial charge in [0.1, 0.15) is 0 Å². The molecule has 5 nitrogen and oxygen atoms in total. The van der Waals surface area contributed by atoms with Gasteiger partial charge >= 0.3 is 0 Å². The van der Waals surface area contributed by atoms with E-state index in [0.29, 0.717) is 17.4 Å². The van der Waals surface area contributed by atoms with Gasteiger partial charge in [-0.25, -0.2) is 4.98 Å². The van der Waals surface area contributed by atoms with Crippen LogP contribution in [0.15, 0.2) is 29.1 Å². The molecule has 0 fully saturated rings. The van der Waals surface area contributed by atoms with Crippen molar-refractivity contribution >= 4 is 32.7 Å². The second-order valence-corrected chi connectivity index (χ2v) is 4.61. The highest BCUT2D eigenvalue weighted by Gasteiger charge is 2.14. The fourth-order valence-corrected chi connectivity index (χ4v) is 2.03. The van der Waals surface area contributed by atoms with Crippen molar-refractivity contribution in [2.45, 2.75) is 13.0 Å². The average molecular weight is 310 g/mol. The van der Waals surface area contributed by atoms with E-state index in [9.17, 15) is 9.59 Å². The van der Waals surface area contributed by atoms with Crippen LogP contribution < -0.4 is 11.3 Å². The second kappa shape index (κ2) is 5.30. The van der Waals surface area contributed by atoms with E-state index in [1.807, 2.05) is 0 Å². The van der Waals surface area contributed by atoms with Crippen LogP contribution in [-0.4, -0.2) is 20.8 Å². The Hall–Kier alpha value is -1.69. The third-order valence-electron chi connectivity index (χ3n) is 2.60. The molecule has 18 heavy (non-hydrogen) atoms. The zero-order valence-electron chi connectivity index (χ0n) is 9.60. The highest BCUT2D eigenvalue weighted by atomic mass is 79.9. The molecule has 2 aromatic rings. The predicted molar refractivity (Wildman–Crippen MR) is 72.9 cm³/mol. The van der Waals surface area contributed by atoms with Crippen LogP contribution in [0, 0.1) is 0 Å². The number of para-hydroxylation sites is 1. The maximum absolute atomic E-state index is 12.3. The lowest BCUT2D eigenvalue weighted by atomic mass is 10.2. The number of carbonyl (C=O) groups is 1. The molecule has 0 atom stereocenters. The first-order valence-corrected chi connectivity index (χ1v) is 6.62. The van der Waals surface area contributed by atoms with Crippen LogP contribution >= 0.6 is 15.9 Å². The molecule has 0 unspecified atom stereocenters. The van der Waals surface area contributed by atoms with Crippen molar-refractivity contribution in [3.8, 4) is 0 Å². The standard InChI is InChI=1S/C12H12BrN3O2/c13-6-3-7-16-11(10(14)17)15-9-5-2-1-4-8(9)12(16)18/h1-2,4-5H,3,6-7H2,(H2,14,17). The van der Waals surface area contributed by atoms with Crippen molar-refractivity contribution < 1.29 is 4.79 Å². The molecular weight excluding hydrogens is 298 g/mol. The van der Waals surface area contributed by atoms with Crippen molar-refractivity contribution in [2.75, 3.05) is 5.33 Å². The maximum Gasteiger partial charge on any atom is 0.284 e. The van der Waals surface area contributed by atoms with E-state index in [2.05, 4.69) is 20.9 Å². The molecule has 0 saturated heterocycles. The number of hydrogen-bond acceptors (Lipinski definition) is 3. The highest BCUT2D eigenvalue weighted by molar-refractivity contribution is 9.09. The van der Waals surface area contributed by atoms with Crippen molar-refractivity contribution in [3.05, 3.63) is 40.4 Å². The highest BCUT2D eigenvalue weighted by Crippen LogP contribution is 2.08. The van der Waals surface area contributed by atoms with Crippen LogP contribution in [0.4, 0.5) is 0 Å². The van der Waals surface area contributed by atoms with Crippen LogP contribution in [0.3, 0.4) is 0 Å². The van der Waals surface area contributed by atoms with Gasteiger partial charge in [-0.2, -0.15) is 0 Å². The van der Waals surface area contributed by atoms with Gasteiger partial charge in [0.05, 0.1) is 10.9 Å². The Labute approximate surface area is 112 Å². The number of carbonyl (C=O) groups excluding carboxylic acids is 1. The number of aromatic nitrogens is 2. The van der Waals surface area contributed by atoms with E-state index < -0.39 is 5.91 Å². The maximum atomic E-state index is 12.3. The molecule has 1 heterocycles. The van der Waals surface area contributed by atoms with Gasteiger partial charge in [0, 0.05) is 11.9 Å². The predicted octanol–water partition coefficient (Wildman–Crippen LogP) is 1.28. The Kier molecular flexibility index (Phi) is 3.76. The topological polar surface area (TPSA) is 78.0 Å². The first kappa shape index (κ1) is 12.8. The number of fused-ring (bicyclic) bond motifs is 1. The van der Waals surface area contributed by atoms with E-state index in [0.717, 1.165) is 11.8 Å². The number of alkyl halides is 1. The first-order chi connectivity index (χ1) is 8.65. The molecule has 0 saturated carbocycles. The number of amides is 1. The van der Waals surface area contributed by atoms with E-state index in [-0.39, 0.29) is 11.4 Å². The molecule has 6 heteroatoms. The van der Waals surface area contributed by atoms with Crippen LogP contribution in [0.5, 0.6) is 0 Å². The summed E-state index contributed by atoms with van der Waals surface area (Å²) in [7, 11) is 0. The molecule has 0 spiro atoms. The monoisotopic (exact) mass is 309 g/mol. The summed E-state index contributed by atoms with van der Waals surface area (Å²) in [4.78, 5) is 27.8. The lowest BCUT2D eigenvalue weighted by Gasteiger charge is -2.10. The summed E-state index contributed by atoms with van der Waals surface area (Å²) >= 11 is 3.29. The largest absolute Gasteiger partial charge is 0.363 e. The normalized spacial score (nSPS) is 10.7. The fraction of sp³-hybridized carbons (Fsp3) is 0.250. The SMILES string of the molecule is NC(=O)c1nc2ccccc2c(=O)n1CCCBr. The number of benzene rings is 1. The third-order valence-corrected chi connectivity index (χ3v) is 3.16. The van der Waals surface area contributed by atoms with Gasteiger partial charge in [-0.3, -0.25) is 14.2 Å². The van der Waals surface area contributed by atoms with E-state index in [4.69, 9.17) is 5.73 Å². The molecule has 0 aliphatic heterocycles. The molecule has 0 radical (unpaired) electrons. The van der Waals surface area contributed by atoms with Crippen LogP contribution in [0.2, 0.25) is 0 Å². The minimum Gasteiger partial charge on any atom is -0.363 e. The summed E-state index contributed by atoms with van der Waals surface area (Å²) < 4.78 is 1.34. The molecule has 0 aliphatic carbocycles. The van der Waals surface area contributed by atoms with Gasteiger partial charge in [0.25, 0.3) is 11.5 Å². The Morgan fingerprint density at radius 3 is 2.78 bits per heavy atom. The summed E-state index contributed by atoms with van der Waals surface area (Å²) in [6.45, 7) is 0.417. The van der Waals surface area contributed by atoms with E-state index in [1.165, 1.54) is 4.57 Å². The minimum atomic E-state index is -0.688. The third kappa shape index (κ3) is 2.28. The van der Waals surface area contributed by atoms with Crippen LogP contribution in [0.25, 0.3) is 10.9 Å². The molecule has 94 valence electrons. The average Bonchev–Trinajstić information content (AvgIpc) is 2.37.